The lowest BCUT2D eigenvalue weighted by atomic mass is 10.1. The number of ether oxygens (including phenoxy) is 1. The Morgan fingerprint density at radius 3 is 2.10 bits per heavy atom. The maximum atomic E-state index is 10.2. The average Bonchev–Trinajstić information content (AvgIpc) is 2.27. The first-order valence-electron chi connectivity index (χ1n) is 6.45. The van der Waals surface area contributed by atoms with Gasteiger partial charge in [-0.05, 0) is 39.2 Å². The van der Waals surface area contributed by atoms with Gasteiger partial charge in [0.2, 0.25) is 0 Å². The summed E-state index contributed by atoms with van der Waals surface area (Å²) in [6.07, 6.45) is 1.11. The maximum Gasteiger partial charge on any atom is 0.405 e. The number of carboxylic acid groups (broad SMARTS) is 1. The molecule has 0 unspecified atom stereocenters. The normalized spacial score (nSPS) is 10.2. The molecule has 0 bridgehead atoms. The molecule has 1 aromatic rings. The van der Waals surface area contributed by atoms with Crippen molar-refractivity contribution in [2.45, 2.75) is 45.6 Å². The molecule has 1 amide bonds. The summed E-state index contributed by atoms with van der Waals surface area (Å²) in [6, 6.07) is 9.93. The van der Waals surface area contributed by atoms with Crippen LogP contribution < -0.4 is 5.73 Å². The molecule has 0 aliphatic carbocycles. The van der Waals surface area contributed by atoms with E-state index < -0.39 is 17.7 Å². The molecular formula is C15H23NO4. The van der Waals surface area contributed by atoms with Gasteiger partial charge in [-0.2, -0.15) is 0 Å². The Morgan fingerprint density at radius 2 is 1.75 bits per heavy atom. The topological polar surface area (TPSA) is 89.6 Å². The van der Waals surface area contributed by atoms with Gasteiger partial charge < -0.3 is 15.6 Å². The Morgan fingerprint density at radius 1 is 1.20 bits per heavy atom. The molecule has 3 N–H and O–H groups in total. The standard InChI is InChI=1S/C10H12O2.C5H11NO2/c11-10(12)8-4-7-9-5-2-1-3-6-9;1-5(2,3)8-4(6)7/h1-3,5-6H,4,7-8H2,(H,11,12);1-3H3,(H2,6,7). The van der Waals surface area contributed by atoms with Gasteiger partial charge in [0.05, 0.1) is 0 Å². The highest BCUT2D eigenvalue weighted by atomic mass is 16.6. The van der Waals surface area contributed by atoms with Crippen molar-refractivity contribution in [2.75, 3.05) is 0 Å². The van der Waals surface area contributed by atoms with E-state index in [0.29, 0.717) is 0 Å². The highest BCUT2D eigenvalue weighted by molar-refractivity contribution is 5.66. The lowest BCUT2D eigenvalue weighted by Crippen LogP contribution is -2.27. The van der Waals surface area contributed by atoms with E-state index in [1.165, 1.54) is 5.56 Å². The van der Waals surface area contributed by atoms with Crippen molar-refractivity contribution >= 4 is 12.1 Å². The zero-order valence-electron chi connectivity index (χ0n) is 12.3. The second-order valence-electron chi connectivity index (χ2n) is 5.27. The van der Waals surface area contributed by atoms with E-state index in [1.54, 1.807) is 20.8 Å². The molecule has 112 valence electrons. The van der Waals surface area contributed by atoms with E-state index in [9.17, 15) is 9.59 Å². The van der Waals surface area contributed by atoms with E-state index in [4.69, 9.17) is 10.8 Å². The first kappa shape index (κ1) is 18.0. The number of carbonyl (C=O) groups is 2. The Balaban J connectivity index is 0.000000396. The first-order chi connectivity index (χ1) is 9.20. The molecule has 0 saturated carbocycles. The fourth-order valence-corrected chi connectivity index (χ4v) is 1.39. The molecule has 0 atom stereocenters. The largest absolute Gasteiger partial charge is 0.481 e. The number of amides is 1. The van der Waals surface area contributed by atoms with Crippen LogP contribution in [0, 0.1) is 0 Å². The molecule has 1 rings (SSSR count). The minimum Gasteiger partial charge on any atom is -0.481 e. The van der Waals surface area contributed by atoms with Crippen LogP contribution in [0.25, 0.3) is 0 Å². The average molecular weight is 281 g/mol. The maximum absolute atomic E-state index is 10.2. The third kappa shape index (κ3) is 12.4. The Bertz CT molecular complexity index is 410. The molecule has 0 saturated heterocycles. The number of aliphatic carboxylic acids is 1. The van der Waals surface area contributed by atoms with E-state index in [2.05, 4.69) is 4.74 Å². The lowest BCUT2D eigenvalue weighted by molar-refractivity contribution is -0.137. The highest BCUT2D eigenvalue weighted by Crippen LogP contribution is 2.05. The number of nitrogens with two attached hydrogens (primary N) is 1. The van der Waals surface area contributed by atoms with Crippen LogP contribution in [-0.2, 0) is 16.0 Å². The Labute approximate surface area is 119 Å². The third-order valence-electron chi connectivity index (χ3n) is 2.11. The van der Waals surface area contributed by atoms with Gasteiger partial charge in [0.25, 0.3) is 0 Å². The van der Waals surface area contributed by atoms with Crippen LogP contribution in [0.2, 0.25) is 0 Å². The highest BCUT2D eigenvalue weighted by Gasteiger charge is 2.12. The molecule has 5 nitrogen and oxygen atoms in total. The van der Waals surface area contributed by atoms with Crippen molar-refractivity contribution in [3.8, 4) is 0 Å². The molecule has 20 heavy (non-hydrogen) atoms. The Kier molecular flexibility index (Phi) is 8.04. The number of carboxylic acids is 1. The van der Waals surface area contributed by atoms with Gasteiger partial charge >= 0.3 is 12.1 Å². The number of carbonyl (C=O) groups excluding carboxylic acids is 1. The number of hydrogen-bond donors (Lipinski definition) is 2. The molecule has 0 aliphatic rings. The quantitative estimate of drug-likeness (QED) is 0.887. The van der Waals surface area contributed by atoms with Crippen LogP contribution in [-0.4, -0.2) is 22.8 Å². The van der Waals surface area contributed by atoms with Gasteiger partial charge in [0.15, 0.2) is 0 Å². The summed E-state index contributed by atoms with van der Waals surface area (Å²) in [6.45, 7) is 5.28. The Hall–Kier alpha value is -2.04. The van der Waals surface area contributed by atoms with Crippen LogP contribution in [0.1, 0.15) is 39.2 Å². The predicted octanol–water partition coefficient (Wildman–Crippen LogP) is 2.97. The number of rotatable bonds is 4. The molecule has 0 fully saturated rings. The van der Waals surface area contributed by atoms with Gasteiger partial charge in [0, 0.05) is 6.42 Å². The summed E-state index contributed by atoms with van der Waals surface area (Å²) in [7, 11) is 0. The molecule has 0 aliphatic heterocycles. The number of benzene rings is 1. The van der Waals surface area contributed by atoms with Crippen LogP contribution in [0.15, 0.2) is 30.3 Å². The van der Waals surface area contributed by atoms with E-state index in [-0.39, 0.29) is 6.42 Å². The molecule has 1 aromatic carbocycles. The molecule has 0 heterocycles. The van der Waals surface area contributed by atoms with E-state index in [0.717, 1.165) is 12.8 Å². The molecular weight excluding hydrogens is 258 g/mol. The van der Waals surface area contributed by atoms with Crippen LogP contribution >= 0.6 is 0 Å². The van der Waals surface area contributed by atoms with Gasteiger partial charge in [-0.1, -0.05) is 30.3 Å². The lowest BCUT2D eigenvalue weighted by Gasteiger charge is -2.16. The van der Waals surface area contributed by atoms with Crippen molar-refractivity contribution in [1.82, 2.24) is 0 Å². The minimum atomic E-state index is -0.725. The van der Waals surface area contributed by atoms with Crippen LogP contribution in [0.4, 0.5) is 4.79 Å². The van der Waals surface area contributed by atoms with Crippen LogP contribution in [0.3, 0.4) is 0 Å². The smallest absolute Gasteiger partial charge is 0.405 e. The second-order valence-corrected chi connectivity index (χ2v) is 5.27. The zero-order chi connectivity index (χ0) is 15.6. The summed E-state index contributed by atoms with van der Waals surface area (Å²) in [4.78, 5) is 20.2. The van der Waals surface area contributed by atoms with Crippen LogP contribution in [0.5, 0.6) is 0 Å². The summed E-state index contributed by atoms with van der Waals surface area (Å²) in [5.74, 6) is -0.717. The molecule has 5 heteroatoms. The van der Waals surface area contributed by atoms with E-state index >= 15 is 0 Å². The second kappa shape index (κ2) is 8.96. The summed E-state index contributed by atoms with van der Waals surface area (Å²) >= 11 is 0. The van der Waals surface area contributed by atoms with Gasteiger partial charge in [0.1, 0.15) is 5.60 Å². The van der Waals surface area contributed by atoms with Crippen molar-refractivity contribution in [3.05, 3.63) is 35.9 Å². The summed E-state index contributed by atoms with van der Waals surface area (Å²) < 4.78 is 4.58. The van der Waals surface area contributed by atoms with Gasteiger partial charge in [-0.3, -0.25) is 4.79 Å². The van der Waals surface area contributed by atoms with Crippen molar-refractivity contribution in [1.29, 1.82) is 0 Å². The monoisotopic (exact) mass is 281 g/mol. The number of aryl methyl sites for hydroxylation is 1. The fraction of sp³-hybridized carbons (Fsp3) is 0.467. The van der Waals surface area contributed by atoms with Crippen molar-refractivity contribution < 1.29 is 19.4 Å². The van der Waals surface area contributed by atoms with Crippen molar-refractivity contribution in [3.63, 3.8) is 0 Å². The summed E-state index contributed by atoms with van der Waals surface area (Å²) in [5, 5.41) is 8.39. The van der Waals surface area contributed by atoms with Gasteiger partial charge in [-0.15, -0.1) is 0 Å². The number of hydrogen-bond acceptors (Lipinski definition) is 3. The minimum absolute atomic E-state index is 0.259. The number of primary amides is 1. The third-order valence-corrected chi connectivity index (χ3v) is 2.11. The fourth-order valence-electron chi connectivity index (χ4n) is 1.39. The first-order valence-corrected chi connectivity index (χ1v) is 6.45. The molecule has 0 spiro atoms. The zero-order valence-corrected chi connectivity index (χ0v) is 12.3. The molecule has 0 aromatic heterocycles. The van der Waals surface area contributed by atoms with E-state index in [1.807, 2.05) is 30.3 Å². The predicted molar refractivity (Wildman–Crippen MR) is 77.4 cm³/mol. The molecule has 0 radical (unpaired) electrons. The van der Waals surface area contributed by atoms with Crippen molar-refractivity contribution in [2.24, 2.45) is 5.73 Å². The SMILES string of the molecule is CC(C)(C)OC(N)=O.O=C(O)CCCc1ccccc1. The summed E-state index contributed by atoms with van der Waals surface area (Å²) in [5.41, 5.74) is 5.47. The van der Waals surface area contributed by atoms with Gasteiger partial charge in [-0.25, -0.2) is 4.79 Å².